The molecule has 0 heterocycles. The lowest BCUT2D eigenvalue weighted by Crippen LogP contribution is -2.12. The van der Waals surface area contributed by atoms with Crippen molar-refractivity contribution >= 4 is 5.97 Å². The van der Waals surface area contributed by atoms with E-state index in [0.717, 1.165) is 24.2 Å². The van der Waals surface area contributed by atoms with Crippen LogP contribution in [0.15, 0.2) is 18.2 Å². The van der Waals surface area contributed by atoms with Gasteiger partial charge in [0.05, 0.1) is 13.2 Å². The van der Waals surface area contributed by atoms with Crippen molar-refractivity contribution in [2.45, 2.75) is 37.8 Å². The summed E-state index contributed by atoms with van der Waals surface area (Å²) in [5.74, 6) is 0.533. The Bertz CT molecular complexity index is 457. The van der Waals surface area contributed by atoms with E-state index in [9.17, 15) is 4.79 Å². The van der Waals surface area contributed by atoms with Gasteiger partial charge < -0.3 is 20.3 Å². The van der Waals surface area contributed by atoms with Crippen molar-refractivity contribution in [2.24, 2.45) is 5.73 Å². The Morgan fingerprint density at radius 3 is 2.79 bits per heavy atom. The average Bonchev–Trinajstić information content (AvgIpc) is 3.20. The molecule has 0 spiro atoms. The van der Waals surface area contributed by atoms with Crippen molar-refractivity contribution < 1.29 is 19.4 Å². The van der Waals surface area contributed by atoms with Crippen molar-refractivity contribution in [2.75, 3.05) is 7.11 Å². The first-order chi connectivity index (χ1) is 9.10. The molecule has 1 aliphatic rings. The predicted molar refractivity (Wildman–Crippen MR) is 70.4 cm³/mol. The maximum absolute atomic E-state index is 10.5. The van der Waals surface area contributed by atoms with Gasteiger partial charge in [-0.15, -0.1) is 0 Å². The zero-order valence-corrected chi connectivity index (χ0v) is 11.0. The Morgan fingerprint density at radius 2 is 2.21 bits per heavy atom. The SMILES string of the molecule is COc1cc(C(N)CCC(=O)O)ccc1OC1CC1. The molecule has 1 aromatic carbocycles. The van der Waals surface area contributed by atoms with Crippen LogP contribution in [-0.4, -0.2) is 24.3 Å². The monoisotopic (exact) mass is 265 g/mol. The van der Waals surface area contributed by atoms with Gasteiger partial charge in [-0.05, 0) is 37.0 Å². The molecule has 0 aromatic heterocycles. The minimum absolute atomic E-state index is 0.0593. The van der Waals surface area contributed by atoms with E-state index in [0.29, 0.717) is 18.3 Å². The van der Waals surface area contributed by atoms with Gasteiger partial charge in [-0.3, -0.25) is 4.79 Å². The van der Waals surface area contributed by atoms with E-state index in [1.165, 1.54) is 0 Å². The van der Waals surface area contributed by atoms with Gasteiger partial charge in [-0.25, -0.2) is 0 Å². The Balaban J connectivity index is 2.06. The molecule has 0 radical (unpaired) electrons. The summed E-state index contributed by atoms with van der Waals surface area (Å²) >= 11 is 0. The van der Waals surface area contributed by atoms with E-state index in [4.69, 9.17) is 20.3 Å². The average molecular weight is 265 g/mol. The first-order valence-electron chi connectivity index (χ1n) is 6.42. The molecule has 104 valence electrons. The molecule has 3 N–H and O–H groups in total. The van der Waals surface area contributed by atoms with Crippen LogP contribution in [0.3, 0.4) is 0 Å². The molecule has 1 aromatic rings. The van der Waals surface area contributed by atoms with Gasteiger partial charge in [0.25, 0.3) is 0 Å². The number of carboxylic acids is 1. The molecule has 0 aliphatic heterocycles. The van der Waals surface area contributed by atoms with Crippen LogP contribution in [-0.2, 0) is 4.79 Å². The van der Waals surface area contributed by atoms with Crippen molar-refractivity contribution in [1.29, 1.82) is 0 Å². The van der Waals surface area contributed by atoms with Crippen LogP contribution in [0.25, 0.3) is 0 Å². The minimum Gasteiger partial charge on any atom is -0.493 e. The molecule has 2 rings (SSSR count). The summed E-state index contributed by atoms with van der Waals surface area (Å²) in [6.07, 6.45) is 2.94. The fourth-order valence-electron chi connectivity index (χ4n) is 1.82. The van der Waals surface area contributed by atoms with Crippen LogP contribution in [0.5, 0.6) is 11.5 Å². The number of carboxylic acid groups (broad SMARTS) is 1. The maximum Gasteiger partial charge on any atom is 0.303 e. The lowest BCUT2D eigenvalue weighted by atomic mass is 10.0. The highest BCUT2D eigenvalue weighted by molar-refractivity contribution is 5.66. The molecule has 1 atom stereocenters. The molecule has 5 nitrogen and oxygen atoms in total. The summed E-state index contributed by atoms with van der Waals surface area (Å²) < 4.78 is 11.0. The number of nitrogens with two attached hydrogens (primary N) is 1. The summed E-state index contributed by atoms with van der Waals surface area (Å²) in [5, 5.41) is 8.66. The number of hydrogen-bond acceptors (Lipinski definition) is 4. The number of methoxy groups -OCH3 is 1. The Labute approximate surface area is 112 Å². The van der Waals surface area contributed by atoms with Crippen LogP contribution in [0.2, 0.25) is 0 Å². The highest BCUT2D eigenvalue weighted by Crippen LogP contribution is 2.35. The third-order valence-corrected chi connectivity index (χ3v) is 3.10. The highest BCUT2D eigenvalue weighted by atomic mass is 16.5. The third-order valence-electron chi connectivity index (χ3n) is 3.10. The van der Waals surface area contributed by atoms with Crippen molar-refractivity contribution in [1.82, 2.24) is 0 Å². The van der Waals surface area contributed by atoms with Crippen molar-refractivity contribution in [3.05, 3.63) is 23.8 Å². The molecule has 0 amide bonds. The number of rotatable bonds is 7. The highest BCUT2D eigenvalue weighted by Gasteiger charge is 2.25. The van der Waals surface area contributed by atoms with E-state index < -0.39 is 5.97 Å². The largest absolute Gasteiger partial charge is 0.493 e. The Morgan fingerprint density at radius 1 is 1.47 bits per heavy atom. The summed E-state index contributed by atoms with van der Waals surface area (Å²) in [4.78, 5) is 10.5. The number of aliphatic carboxylic acids is 1. The molecule has 0 saturated heterocycles. The standard InChI is InChI=1S/C14H19NO4/c1-18-13-8-9(11(15)5-7-14(16)17)2-6-12(13)19-10-3-4-10/h2,6,8,10-11H,3-5,7,15H2,1H3,(H,16,17). The van der Waals surface area contributed by atoms with Crippen LogP contribution in [0.4, 0.5) is 0 Å². The van der Waals surface area contributed by atoms with Gasteiger partial charge in [0.15, 0.2) is 11.5 Å². The van der Waals surface area contributed by atoms with E-state index >= 15 is 0 Å². The normalized spacial score (nSPS) is 15.9. The van der Waals surface area contributed by atoms with Crippen molar-refractivity contribution in [3.8, 4) is 11.5 Å². The van der Waals surface area contributed by atoms with E-state index in [1.54, 1.807) is 7.11 Å². The topological polar surface area (TPSA) is 81.8 Å². The van der Waals surface area contributed by atoms with E-state index in [1.807, 2.05) is 18.2 Å². The third kappa shape index (κ3) is 3.86. The summed E-state index contributed by atoms with van der Waals surface area (Å²) in [6, 6.07) is 5.23. The molecule has 1 saturated carbocycles. The lowest BCUT2D eigenvalue weighted by molar-refractivity contribution is -0.137. The second kappa shape index (κ2) is 5.93. The first-order valence-corrected chi connectivity index (χ1v) is 6.42. The van der Waals surface area contributed by atoms with Crippen molar-refractivity contribution in [3.63, 3.8) is 0 Å². The van der Waals surface area contributed by atoms with E-state index in [-0.39, 0.29) is 12.5 Å². The number of carbonyl (C=O) groups is 1. The van der Waals surface area contributed by atoms with Gasteiger partial charge in [-0.2, -0.15) is 0 Å². The number of benzene rings is 1. The number of hydrogen-bond donors (Lipinski definition) is 2. The van der Waals surface area contributed by atoms with Crippen LogP contribution < -0.4 is 15.2 Å². The molecule has 19 heavy (non-hydrogen) atoms. The summed E-state index contributed by atoms with van der Waals surface area (Å²) in [7, 11) is 1.58. The second-order valence-electron chi connectivity index (χ2n) is 4.77. The van der Waals surface area contributed by atoms with E-state index in [2.05, 4.69) is 0 Å². The quantitative estimate of drug-likeness (QED) is 0.789. The molecule has 5 heteroatoms. The van der Waals surface area contributed by atoms with Crippen LogP contribution in [0.1, 0.15) is 37.3 Å². The smallest absolute Gasteiger partial charge is 0.303 e. The first kappa shape index (κ1) is 13.7. The van der Waals surface area contributed by atoms with Gasteiger partial charge >= 0.3 is 5.97 Å². The zero-order valence-electron chi connectivity index (χ0n) is 11.0. The number of ether oxygens (including phenoxy) is 2. The minimum atomic E-state index is -0.837. The van der Waals surface area contributed by atoms with Gasteiger partial charge in [0, 0.05) is 12.5 Å². The van der Waals surface area contributed by atoms with Crippen LogP contribution in [0, 0.1) is 0 Å². The Hall–Kier alpha value is -1.75. The molecular weight excluding hydrogens is 246 g/mol. The fraction of sp³-hybridized carbons (Fsp3) is 0.500. The fourth-order valence-corrected chi connectivity index (χ4v) is 1.82. The molecule has 0 bridgehead atoms. The summed E-state index contributed by atoms with van der Waals surface area (Å²) in [6.45, 7) is 0. The molecule has 1 unspecified atom stereocenters. The predicted octanol–water partition coefficient (Wildman–Crippen LogP) is 2.10. The summed E-state index contributed by atoms with van der Waals surface area (Å²) in [5.41, 5.74) is 6.83. The second-order valence-corrected chi connectivity index (χ2v) is 4.77. The van der Waals surface area contributed by atoms with Gasteiger partial charge in [0.2, 0.25) is 0 Å². The van der Waals surface area contributed by atoms with Crippen LogP contribution >= 0.6 is 0 Å². The molecular formula is C14H19NO4. The molecule has 1 fully saturated rings. The Kier molecular flexibility index (Phi) is 4.27. The zero-order chi connectivity index (χ0) is 13.8. The molecule has 1 aliphatic carbocycles. The van der Waals surface area contributed by atoms with Gasteiger partial charge in [0.1, 0.15) is 0 Å². The maximum atomic E-state index is 10.5. The lowest BCUT2D eigenvalue weighted by Gasteiger charge is -2.15. The van der Waals surface area contributed by atoms with Gasteiger partial charge in [-0.1, -0.05) is 6.07 Å².